The van der Waals surface area contributed by atoms with Crippen LogP contribution in [0.15, 0.2) is 60.8 Å². The van der Waals surface area contributed by atoms with Crippen LogP contribution in [-0.4, -0.2) is 24.2 Å². The van der Waals surface area contributed by atoms with Crippen molar-refractivity contribution < 1.29 is 0 Å². The standard InChI is InChI=1S/C19H11ClIN5S/c20-13-8-6-12(7-9-13)16-15(21)17-14(11-4-2-1-3-5-11)10-22-26(17)18-23-24-19(27)25(16)18/h1-10H,(H,24,27). The molecule has 3 aromatic heterocycles. The predicted molar refractivity (Wildman–Crippen MR) is 118 cm³/mol. The van der Waals surface area contributed by atoms with Gasteiger partial charge in [0.2, 0.25) is 4.77 Å². The number of fused-ring (bicyclic) bond motifs is 3. The zero-order chi connectivity index (χ0) is 18.5. The van der Waals surface area contributed by atoms with Crippen LogP contribution in [0.2, 0.25) is 5.02 Å². The second-order valence-corrected chi connectivity index (χ2v) is 7.92. The number of aromatic nitrogens is 5. The van der Waals surface area contributed by atoms with E-state index in [1.807, 2.05) is 57.6 Å². The van der Waals surface area contributed by atoms with Crippen LogP contribution < -0.4 is 0 Å². The lowest BCUT2D eigenvalue weighted by molar-refractivity contribution is 0.926. The first kappa shape index (κ1) is 16.9. The monoisotopic (exact) mass is 503 g/mol. The zero-order valence-corrected chi connectivity index (χ0v) is 17.5. The molecule has 5 aromatic rings. The fraction of sp³-hybridized carbons (Fsp3) is 0. The molecule has 0 amide bonds. The average Bonchev–Trinajstić information content (AvgIpc) is 3.29. The van der Waals surface area contributed by atoms with Gasteiger partial charge in [0.15, 0.2) is 0 Å². The Morgan fingerprint density at radius 3 is 2.48 bits per heavy atom. The van der Waals surface area contributed by atoms with E-state index >= 15 is 0 Å². The maximum atomic E-state index is 6.09. The third-order valence-corrected chi connectivity index (χ3v) is 6.00. The van der Waals surface area contributed by atoms with Crippen LogP contribution in [0.4, 0.5) is 0 Å². The Bertz CT molecular complexity index is 1350. The smallest absolute Gasteiger partial charge is 0.251 e. The summed E-state index contributed by atoms with van der Waals surface area (Å²) in [7, 11) is 0. The number of benzene rings is 2. The SMILES string of the molecule is S=c1[nH]nc2n1c(-c1ccc(Cl)cc1)c(I)c1c(-c3ccccc3)cnn12. The van der Waals surface area contributed by atoms with Crippen LogP contribution in [0, 0.1) is 8.34 Å². The molecule has 0 saturated heterocycles. The van der Waals surface area contributed by atoms with Gasteiger partial charge in [0.05, 0.1) is 21.0 Å². The molecule has 8 heteroatoms. The van der Waals surface area contributed by atoms with E-state index in [9.17, 15) is 0 Å². The van der Waals surface area contributed by atoms with Gasteiger partial charge in [-0.2, -0.15) is 9.61 Å². The van der Waals surface area contributed by atoms with Gasteiger partial charge in [0, 0.05) is 10.6 Å². The molecule has 0 aliphatic heterocycles. The van der Waals surface area contributed by atoms with Gasteiger partial charge in [-0.1, -0.05) is 54.1 Å². The summed E-state index contributed by atoms with van der Waals surface area (Å²) in [4.78, 5) is 0. The van der Waals surface area contributed by atoms with E-state index < -0.39 is 0 Å². The fourth-order valence-corrected chi connectivity index (χ4v) is 4.66. The first-order valence-corrected chi connectivity index (χ1v) is 9.99. The molecule has 0 aliphatic carbocycles. The summed E-state index contributed by atoms with van der Waals surface area (Å²) in [6, 6.07) is 17.9. The maximum Gasteiger partial charge on any atom is 0.255 e. The highest BCUT2D eigenvalue weighted by atomic mass is 127. The first-order chi connectivity index (χ1) is 13.1. The molecule has 2 aromatic carbocycles. The Morgan fingerprint density at radius 1 is 1.00 bits per heavy atom. The van der Waals surface area contributed by atoms with E-state index in [1.54, 1.807) is 0 Å². The summed E-state index contributed by atoms with van der Waals surface area (Å²) in [6.07, 6.45) is 1.87. The number of nitrogens with one attached hydrogen (secondary N) is 1. The number of halogens is 2. The number of aromatic amines is 1. The summed E-state index contributed by atoms with van der Waals surface area (Å²) in [6.45, 7) is 0. The van der Waals surface area contributed by atoms with Gasteiger partial charge < -0.3 is 0 Å². The van der Waals surface area contributed by atoms with E-state index in [0.29, 0.717) is 15.6 Å². The first-order valence-electron chi connectivity index (χ1n) is 8.13. The maximum absolute atomic E-state index is 6.09. The van der Waals surface area contributed by atoms with Gasteiger partial charge in [0.1, 0.15) is 0 Å². The van der Waals surface area contributed by atoms with Crippen LogP contribution in [0.5, 0.6) is 0 Å². The van der Waals surface area contributed by atoms with Gasteiger partial charge >= 0.3 is 0 Å². The van der Waals surface area contributed by atoms with E-state index in [0.717, 1.165) is 31.5 Å². The Balaban J connectivity index is 1.95. The summed E-state index contributed by atoms with van der Waals surface area (Å²) >= 11 is 13.9. The van der Waals surface area contributed by atoms with Gasteiger partial charge in [0.25, 0.3) is 5.78 Å². The average molecular weight is 504 g/mol. The molecule has 5 nitrogen and oxygen atoms in total. The van der Waals surface area contributed by atoms with Crippen LogP contribution in [0.1, 0.15) is 0 Å². The van der Waals surface area contributed by atoms with Crippen LogP contribution >= 0.6 is 46.4 Å². The molecule has 0 bridgehead atoms. The van der Waals surface area contributed by atoms with Crippen molar-refractivity contribution in [1.29, 1.82) is 0 Å². The number of hydrogen-bond acceptors (Lipinski definition) is 3. The van der Waals surface area contributed by atoms with E-state index in [-0.39, 0.29) is 0 Å². The topological polar surface area (TPSA) is 50.4 Å². The fourth-order valence-electron chi connectivity index (χ4n) is 3.25. The highest BCUT2D eigenvalue weighted by Gasteiger charge is 2.20. The number of rotatable bonds is 2. The van der Waals surface area contributed by atoms with E-state index in [1.165, 1.54) is 0 Å². The molecule has 0 fully saturated rings. The molecule has 0 spiro atoms. The summed E-state index contributed by atoms with van der Waals surface area (Å²) in [5.74, 6) is 0.641. The Kier molecular flexibility index (Phi) is 4.03. The Hall–Kier alpha value is -2.23. The quantitative estimate of drug-likeness (QED) is 0.251. The van der Waals surface area contributed by atoms with Gasteiger partial charge in [-0.15, -0.1) is 5.10 Å². The van der Waals surface area contributed by atoms with Crippen molar-refractivity contribution >= 4 is 57.7 Å². The van der Waals surface area contributed by atoms with Crippen molar-refractivity contribution in [1.82, 2.24) is 24.2 Å². The minimum Gasteiger partial charge on any atom is -0.251 e. The van der Waals surface area contributed by atoms with Crippen molar-refractivity contribution in [2.75, 3.05) is 0 Å². The van der Waals surface area contributed by atoms with Gasteiger partial charge in [-0.3, -0.25) is 4.40 Å². The molecule has 0 unspecified atom stereocenters. The predicted octanol–water partition coefficient (Wildman–Crippen LogP) is 5.63. The number of H-pyrrole nitrogens is 1. The molecule has 0 saturated carbocycles. The van der Waals surface area contributed by atoms with Crippen LogP contribution in [0.25, 0.3) is 33.7 Å². The van der Waals surface area contributed by atoms with E-state index in [4.69, 9.17) is 23.8 Å². The molecule has 1 N–H and O–H groups in total. The largest absolute Gasteiger partial charge is 0.255 e. The molecule has 0 atom stereocenters. The highest BCUT2D eigenvalue weighted by Crippen LogP contribution is 2.35. The molecule has 27 heavy (non-hydrogen) atoms. The second kappa shape index (κ2) is 6.43. The minimum absolute atomic E-state index is 0.520. The Labute approximate surface area is 177 Å². The van der Waals surface area contributed by atoms with Crippen LogP contribution in [-0.2, 0) is 0 Å². The second-order valence-electron chi connectivity index (χ2n) is 6.02. The van der Waals surface area contributed by atoms with Crippen molar-refractivity contribution in [3.8, 4) is 22.4 Å². The van der Waals surface area contributed by atoms with E-state index in [2.05, 4.69) is 50.0 Å². The molecule has 0 aliphatic rings. The van der Waals surface area contributed by atoms with Crippen LogP contribution in [0.3, 0.4) is 0 Å². The Morgan fingerprint density at radius 2 is 1.74 bits per heavy atom. The molecular formula is C19H11ClIN5S. The molecular weight excluding hydrogens is 493 g/mol. The van der Waals surface area contributed by atoms with Crippen molar-refractivity contribution in [2.45, 2.75) is 0 Å². The highest BCUT2D eigenvalue weighted by molar-refractivity contribution is 14.1. The zero-order valence-electron chi connectivity index (χ0n) is 13.7. The third-order valence-electron chi connectivity index (χ3n) is 4.46. The summed E-state index contributed by atoms with van der Waals surface area (Å²) < 4.78 is 5.30. The van der Waals surface area contributed by atoms with Gasteiger partial charge in [-0.05, 0) is 58.1 Å². The molecule has 3 heterocycles. The van der Waals surface area contributed by atoms with Crippen molar-refractivity contribution in [3.05, 3.63) is 74.2 Å². The minimum atomic E-state index is 0.520. The molecule has 5 rings (SSSR count). The molecule has 0 radical (unpaired) electrons. The lowest BCUT2D eigenvalue weighted by Gasteiger charge is -2.12. The number of hydrogen-bond donors (Lipinski definition) is 1. The van der Waals surface area contributed by atoms with Gasteiger partial charge in [-0.25, -0.2) is 5.10 Å². The summed E-state index contributed by atoms with van der Waals surface area (Å²) in [5, 5.41) is 12.6. The third kappa shape index (κ3) is 2.60. The number of nitrogens with zero attached hydrogens (tertiary/aromatic N) is 4. The molecule has 132 valence electrons. The normalized spacial score (nSPS) is 11.5. The lowest BCUT2D eigenvalue weighted by atomic mass is 10.1. The van der Waals surface area contributed by atoms with Crippen molar-refractivity contribution in [3.63, 3.8) is 0 Å². The van der Waals surface area contributed by atoms with Crippen molar-refractivity contribution in [2.24, 2.45) is 0 Å². The summed E-state index contributed by atoms with van der Waals surface area (Å²) in [5.41, 5.74) is 5.12. The lowest BCUT2D eigenvalue weighted by Crippen LogP contribution is -2.04.